The van der Waals surface area contributed by atoms with E-state index in [9.17, 15) is 5.11 Å². The summed E-state index contributed by atoms with van der Waals surface area (Å²) in [6.07, 6.45) is 8.55. The van der Waals surface area contributed by atoms with E-state index in [-0.39, 0.29) is 18.1 Å². The van der Waals surface area contributed by atoms with Gasteiger partial charge in [-0.2, -0.15) is 0 Å². The van der Waals surface area contributed by atoms with Crippen molar-refractivity contribution in [3.8, 4) is 0 Å². The Morgan fingerprint density at radius 3 is 2.45 bits per heavy atom. The highest BCUT2D eigenvalue weighted by atomic mass is 16.7. The van der Waals surface area contributed by atoms with Gasteiger partial charge in [-0.25, -0.2) is 0 Å². The van der Waals surface area contributed by atoms with Crippen molar-refractivity contribution in [3.05, 3.63) is 0 Å². The maximum Gasteiger partial charge on any atom is 0.146 e. The molecule has 0 aromatic rings. The second kappa shape index (κ2) is 9.89. The summed E-state index contributed by atoms with van der Waals surface area (Å²) in [4.78, 5) is 0. The van der Waals surface area contributed by atoms with Crippen molar-refractivity contribution in [2.75, 3.05) is 20.5 Å². The summed E-state index contributed by atoms with van der Waals surface area (Å²) in [5.74, 6) is 2.24. The normalized spacial score (nSPS) is 30.1. The average molecular weight is 315 g/mol. The zero-order valence-electron chi connectivity index (χ0n) is 15.4. The zero-order chi connectivity index (χ0) is 16.6. The Labute approximate surface area is 137 Å². The molecule has 3 heteroatoms. The van der Waals surface area contributed by atoms with Crippen LogP contribution in [0.1, 0.15) is 72.6 Å². The summed E-state index contributed by atoms with van der Waals surface area (Å²) in [7, 11) is 1.69. The highest BCUT2D eigenvalue weighted by Gasteiger charge is 2.48. The molecule has 132 valence electrons. The molecular formula is C19H38O3. The molecule has 0 radical (unpaired) electrons. The first-order valence-electron chi connectivity index (χ1n) is 9.17. The van der Waals surface area contributed by atoms with E-state index in [4.69, 9.17) is 9.47 Å². The molecule has 0 spiro atoms. The van der Waals surface area contributed by atoms with Gasteiger partial charge in [-0.3, -0.25) is 0 Å². The molecular weight excluding hydrogens is 276 g/mol. The fraction of sp³-hybridized carbons (Fsp3) is 1.00. The monoisotopic (exact) mass is 314 g/mol. The smallest absolute Gasteiger partial charge is 0.146 e. The summed E-state index contributed by atoms with van der Waals surface area (Å²) >= 11 is 0. The summed E-state index contributed by atoms with van der Waals surface area (Å²) < 4.78 is 11.1. The fourth-order valence-corrected chi connectivity index (χ4v) is 4.44. The molecule has 0 aliphatic heterocycles. The molecule has 1 aliphatic rings. The van der Waals surface area contributed by atoms with Gasteiger partial charge in [-0.15, -0.1) is 0 Å². The van der Waals surface area contributed by atoms with Crippen LogP contribution in [0.5, 0.6) is 0 Å². The molecule has 1 unspecified atom stereocenters. The highest BCUT2D eigenvalue weighted by molar-refractivity contribution is 4.97. The molecule has 0 aromatic carbocycles. The predicted molar refractivity (Wildman–Crippen MR) is 91.8 cm³/mol. The highest BCUT2D eigenvalue weighted by Crippen LogP contribution is 2.52. The number of methoxy groups -OCH3 is 1. The van der Waals surface area contributed by atoms with Crippen molar-refractivity contribution in [2.45, 2.75) is 78.7 Å². The third kappa shape index (κ3) is 5.50. The first-order valence-corrected chi connectivity index (χ1v) is 9.17. The minimum absolute atomic E-state index is 0.179. The molecule has 1 saturated carbocycles. The van der Waals surface area contributed by atoms with Crippen molar-refractivity contribution in [3.63, 3.8) is 0 Å². The van der Waals surface area contributed by atoms with Crippen molar-refractivity contribution in [1.82, 2.24) is 0 Å². The Morgan fingerprint density at radius 1 is 1.14 bits per heavy atom. The second-order valence-corrected chi connectivity index (χ2v) is 7.88. The van der Waals surface area contributed by atoms with Crippen LogP contribution in [0.15, 0.2) is 0 Å². The van der Waals surface area contributed by atoms with E-state index in [0.29, 0.717) is 12.7 Å². The lowest BCUT2D eigenvalue weighted by molar-refractivity contribution is -0.117. The van der Waals surface area contributed by atoms with Crippen LogP contribution in [0.4, 0.5) is 0 Å². The lowest BCUT2D eigenvalue weighted by atomic mass is 9.68. The Morgan fingerprint density at radius 2 is 1.86 bits per heavy atom. The number of aliphatic hydroxyl groups is 1. The van der Waals surface area contributed by atoms with Crippen LogP contribution in [-0.4, -0.2) is 31.7 Å². The standard InChI is InChI=1S/C19H38O3/c1-15(2)8-6-9-16(3)17-10-11-18(22-14-21-5)19(17,4)12-7-13-20/h15-18,20H,6-14H2,1-5H3/t16-,17-,18?,19-/m1/s1. The van der Waals surface area contributed by atoms with Crippen molar-refractivity contribution >= 4 is 0 Å². The second-order valence-electron chi connectivity index (χ2n) is 7.88. The number of ether oxygens (including phenoxy) is 2. The van der Waals surface area contributed by atoms with Crippen molar-refractivity contribution in [1.29, 1.82) is 0 Å². The topological polar surface area (TPSA) is 38.7 Å². The van der Waals surface area contributed by atoms with Gasteiger partial charge in [0, 0.05) is 13.7 Å². The van der Waals surface area contributed by atoms with Crippen LogP contribution >= 0.6 is 0 Å². The van der Waals surface area contributed by atoms with Crippen LogP contribution in [0.3, 0.4) is 0 Å². The van der Waals surface area contributed by atoms with Gasteiger partial charge in [0.1, 0.15) is 6.79 Å². The van der Waals surface area contributed by atoms with E-state index in [1.807, 2.05) is 0 Å². The summed E-state index contributed by atoms with van der Waals surface area (Å²) in [6.45, 7) is 10.1. The van der Waals surface area contributed by atoms with E-state index in [1.54, 1.807) is 7.11 Å². The fourth-order valence-electron chi connectivity index (χ4n) is 4.44. The first kappa shape index (κ1) is 19.9. The Hall–Kier alpha value is -0.120. The van der Waals surface area contributed by atoms with Gasteiger partial charge in [-0.1, -0.05) is 47.0 Å². The molecule has 1 rings (SSSR count). The predicted octanol–water partition coefficient (Wildman–Crippen LogP) is 4.63. The zero-order valence-corrected chi connectivity index (χ0v) is 15.4. The molecule has 1 N–H and O–H groups in total. The van der Waals surface area contributed by atoms with Gasteiger partial charge in [-0.05, 0) is 48.9 Å². The van der Waals surface area contributed by atoms with E-state index >= 15 is 0 Å². The third-order valence-electron chi connectivity index (χ3n) is 5.71. The van der Waals surface area contributed by atoms with Crippen molar-refractivity contribution < 1.29 is 14.6 Å². The molecule has 0 saturated heterocycles. The maximum absolute atomic E-state index is 9.27. The van der Waals surface area contributed by atoms with Crippen molar-refractivity contribution in [2.24, 2.45) is 23.2 Å². The number of rotatable bonds is 11. The van der Waals surface area contributed by atoms with Gasteiger partial charge in [0.15, 0.2) is 0 Å². The largest absolute Gasteiger partial charge is 0.396 e. The van der Waals surface area contributed by atoms with Crippen LogP contribution in [-0.2, 0) is 9.47 Å². The third-order valence-corrected chi connectivity index (χ3v) is 5.71. The van der Waals surface area contributed by atoms with Crippen LogP contribution < -0.4 is 0 Å². The SMILES string of the molecule is COCOC1CC[C@H]([C@H](C)CCCC(C)C)[C@@]1(C)CCCO. The minimum atomic E-state index is 0.179. The number of hydrogen-bond acceptors (Lipinski definition) is 3. The van der Waals surface area contributed by atoms with Crippen LogP contribution in [0, 0.1) is 23.2 Å². The molecule has 1 fully saturated rings. The summed E-state index contributed by atoms with van der Waals surface area (Å²) in [5, 5.41) is 9.27. The Kier molecular flexibility index (Phi) is 8.96. The van der Waals surface area contributed by atoms with Gasteiger partial charge in [0.25, 0.3) is 0 Å². The molecule has 1 aliphatic carbocycles. The lowest BCUT2D eigenvalue weighted by Gasteiger charge is -2.40. The first-order chi connectivity index (χ1) is 10.5. The summed E-state index contributed by atoms with van der Waals surface area (Å²) in [6, 6.07) is 0. The molecule has 4 atom stereocenters. The van der Waals surface area contributed by atoms with E-state index < -0.39 is 0 Å². The summed E-state index contributed by atoms with van der Waals surface area (Å²) in [5.41, 5.74) is 0.179. The Balaban J connectivity index is 2.65. The Bertz CT molecular complexity index is 292. The quantitative estimate of drug-likeness (QED) is 0.565. The van der Waals surface area contributed by atoms with Gasteiger partial charge < -0.3 is 14.6 Å². The number of aliphatic hydroxyl groups excluding tert-OH is 1. The van der Waals surface area contributed by atoms with Gasteiger partial charge >= 0.3 is 0 Å². The lowest BCUT2D eigenvalue weighted by Crippen LogP contribution is -2.37. The van der Waals surface area contributed by atoms with Crippen LogP contribution in [0.2, 0.25) is 0 Å². The molecule has 0 amide bonds. The molecule has 0 aromatic heterocycles. The molecule has 0 bridgehead atoms. The average Bonchev–Trinajstić information content (AvgIpc) is 2.79. The van der Waals surface area contributed by atoms with E-state index in [2.05, 4.69) is 27.7 Å². The molecule has 22 heavy (non-hydrogen) atoms. The minimum Gasteiger partial charge on any atom is -0.396 e. The maximum atomic E-state index is 9.27. The molecule has 3 nitrogen and oxygen atoms in total. The van der Waals surface area contributed by atoms with Gasteiger partial charge in [0.05, 0.1) is 6.10 Å². The van der Waals surface area contributed by atoms with Crippen LogP contribution in [0.25, 0.3) is 0 Å². The molecule has 0 heterocycles. The van der Waals surface area contributed by atoms with E-state index in [0.717, 1.165) is 31.1 Å². The van der Waals surface area contributed by atoms with E-state index in [1.165, 1.54) is 25.7 Å². The van der Waals surface area contributed by atoms with Gasteiger partial charge in [0.2, 0.25) is 0 Å². The number of hydrogen-bond donors (Lipinski definition) is 1.